The lowest BCUT2D eigenvalue weighted by atomic mass is 10.1. The van der Waals surface area contributed by atoms with Crippen LogP contribution in [-0.4, -0.2) is 17.5 Å². The van der Waals surface area contributed by atoms with Crippen molar-refractivity contribution in [3.8, 4) is 0 Å². The van der Waals surface area contributed by atoms with Crippen LogP contribution < -0.4 is 5.32 Å². The van der Waals surface area contributed by atoms with E-state index in [2.05, 4.69) is 5.32 Å². The Labute approximate surface area is 88.1 Å². The van der Waals surface area contributed by atoms with E-state index in [0.29, 0.717) is 6.04 Å². The summed E-state index contributed by atoms with van der Waals surface area (Å²) in [6.07, 6.45) is 2.42. The van der Waals surface area contributed by atoms with Crippen LogP contribution in [0.5, 0.6) is 0 Å². The van der Waals surface area contributed by atoms with Crippen molar-refractivity contribution in [3.63, 3.8) is 0 Å². The minimum atomic E-state index is -0.172. The van der Waals surface area contributed by atoms with Gasteiger partial charge in [0.05, 0.1) is 0 Å². The first kappa shape index (κ1) is 9.84. The van der Waals surface area contributed by atoms with Crippen LogP contribution in [0.2, 0.25) is 0 Å². The molecule has 0 spiro atoms. The van der Waals surface area contributed by atoms with Crippen LogP contribution in [0.25, 0.3) is 0 Å². The Bertz CT molecular complexity index is 280. The molecule has 1 aliphatic heterocycles. The summed E-state index contributed by atoms with van der Waals surface area (Å²) in [5.74, 6) is 2.30. The highest BCUT2D eigenvalue weighted by Gasteiger charge is 2.12. The van der Waals surface area contributed by atoms with Crippen molar-refractivity contribution >= 4 is 17.4 Å². The van der Waals surface area contributed by atoms with Crippen LogP contribution in [0.15, 0.2) is 24.3 Å². The molecule has 3 heteroatoms. The third kappa shape index (κ3) is 2.64. The fourth-order valence-corrected chi connectivity index (χ4v) is 2.73. The fraction of sp³-hybridized carbons (Fsp3) is 0.455. The van der Waals surface area contributed by atoms with Gasteiger partial charge in [-0.2, -0.15) is 11.8 Å². The Hall–Kier alpha value is -0.700. The topological polar surface area (TPSA) is 12.0 Å². The normalized spacial score (nSPS) is 18.1. The minimum absolute atomic E-state index is 0.172. The Kier molecular flexibility index (Phi) is 3.30. The van der Waals surface area contributed by atoms with Gasteiger partial charge in [0.15, 0.2) is 0 Å². The lowest BCUT2D eigenvalue weighted by molar-refractivity contribution is 0.627. The minimum Gasteiger partial charge on any atom is -0.382 e. The molecule has 0 aliphatic carbocycles. The van der Waals surface area contributed by atoms with E-state index in [-0.39, 0.29) is 5.82 Å². The molecule has 1 aromatic rings. The van der Waals surface area contributed by atoms with Gasteiger partial charge in [0.25, 0.3) is 0 Å². The Morgan fingerprint density at radius 3 is 2.43 bits per heavy atom. The number of anilines is 1. The maximum absolute atomic E-state index is 12.6. The third-order valence-electron chi connectivity index (χ3n) is 2.44. The summed E-state index contributed by atoms with van der Waals surface area (Å²) >= 11 is 2.01. The average molecular weight is 211 g/mol. The molecule has 1 nitrogen and oxygen atoms in total. The van der Waals surface area contributed by atoms with Crippen molar-refractivity contribution in [3.05, 3.63) is 30.1 Å². The lowest BCUT2D eigenvalue weighted by Gasteiger charge is -2.23. The summed E-state index contributed by atoms with van der Waals surface area (Å²) in [5.41, 5.74) is 1.03. The zero-order chi connectivity index (χ0) is 9.80. The smallest absolute Gasteiger partial charge is 0.123 e. The second-order valence-electron chi connectivity index (χ2n) is 3.54. The number of nitrogens with one attached hydrogen (secondary N) is 1. The third-order valence-corrected chi connectivity index (χ3v) is 3.49. The van der Waals surface area contributed by atoms with Gasteiger partial charge < -0.3 is 5.32 Å². The van der Waals surface area contributed by atoms with Crippen molar-refractivity contribution in [1.82, 2.24) is 0 Å². The van der Waals surface area contributed by atoms with Gasteiger partial charge in [-0.25, -0.2) is 4.39 Å². The molecule has 14 heavy (non-hydrogen) atoms. The molecular formula is C11H14FNS. The molecule has 0 bridgehead atoms. The van der Waals surface area contributed by atoms with Crippen LogP contribution in [0.4, 0.5) is 10.1 Å². The van der Waals surface area contributed by atoms with E-state index in [1.54, 1.807) is 12.1 Å². The van der Waals surface area contributed by atoms with Crippen LogP contribution in [0.1, 0.15) is 12.8 Å². The molecule has 1 aliphatic rings. The van der Waals surface area contributed by atoms with E-state index in [0.717, 1.165) is 5.69 Å². The lowest BCUT2D eigenvalue weighted by Crippen LogP contribution is -2.24. The van der Waals surface area contributed by atoms with Gasteiger partial charge in [-0.05, 0) is 48.6 Å². The summed E-state index contributed by atoms with van der Waals surface area (Å²) in [6, 6.07) is 7.18. The highest BCUT2D eigenvalue weighted by atomic mass is 32.2. The van der Waals surface area contributed by atoms with E-state index in [4.69, 9.17) is 0 Å². The SMILES string of the molecule is Fc1ccc(NC2CCSCC2)cc1. The first-order valence-electron chi connectivity index (χ1n) is 4.94. The zero-order valence-electron chi connectivity index (χ0n) is 8.00. The molecule has 0 radical (unpaired) electrons. The molecular weight excluding hydrogens is 197 g/mol. The van der Waals surface area contributed by atoms with E-state index >= 15 is 0 Å². The monoisotopic (exact) mass is 211 g/mol. The van der Waals surface area contributed by atoms with E-state index in [1.807, 2.05) is 11.8 Å². The number of hydrogen-bond donors (Lipinski definition) is 1. The van der Waals surface area contributed by atoms with Gasteiger partial charge in [-0.1, -0.05) is 0 Å². The first-order valence-corrected chi connectivity index (χ1v) is 6.10. The summed E-state index contributed by atoms with van der Waals surface area (Å²) in [6.45, 7) is 0. The van der Waals surface area contributed by atoms with Crippen LogP contribution in [0.3, 0.4) is 0 Å². The molecule has 1 N–H and O–H groups in total. The molecule has 0 unspecified atom stereocenters. The molecule has 0 atom stereocenters. The summed E-state index contributed by atoms with van der Waals surface area (Å²) in [4.78, 5) is 0. The number of hydrogen-bond acceptors (Lipinski definition) is 2. The highest BCUT2D eigenvalue weighted by molar-refractivity contribution is 7.99. The number of thioether (sulfide) groups is 1. The van der Waals surface area contributed by atoms with E-state index in [1.165, 1.54) is 36.5 Å². The standard InChI is InChI=1S/C11H14FNS/c12-9-1-3-10(4-2-9)13-11-5-7-14-8-6-11/h1-4,11,13H,5-8H2. The van der Waals surface area contributed by atoms with Crippen LogP contribution in [-0.2, 0) is 0 Å². The number of benzene rings is 1. The predicted octanol–water partition coefficient (Wildman–Crippen LogP) is 3.13. The predicted molar refractivity (Wildman–Crippen MR) is 60.4 cm³/mol. The molecule has 1 fully saturated rings. The quantitative estimate of drug-likeness (QED) is 0.806. The molecule has 0 amide bonds. The Balaban J connectivity index is 1.92. The molecule has 0 aromatic heterocycles. The molecule has 1 aromatic carbocycles. The van der Waals surface area contributed by atoms with Crippen molar-refractivity contribution < 1.29 is 4.39 Å². The van der Waals surface area contributed by atoms with Gasteiger partial charge in [0.1, 0.15) is 5.82 Å². The van der Waals surface area contributed by atoms with Gasteiger partial charge in [0, 0.05) is 11.7 Å². The van der Waals surface area contributed by atoms with Crippen molar-refractivity contribution in [2.45, 2.75) is 18.9 Å². The number of halogens is 1. The Morgan fingerprint density at radius 1 is 1.14 bits per heavy atom. The van der Waals surface area contributed by atoms with E-state index < -0.39 is 0 Å². The fourth-order valence-electron chi connectivity index (χ4n) is 1.62. The van der Waals surface area contributed by atoms with Gasteiger partial charge >= 0.3 is 0 Å². The van der Waals surface area contributed by atoms with Crippen LogP contribution >= 0.6 is 11.8 Å². The van der Waals surface area contributed by atoms with Gasteiger partial charge in [-0.3, -0.25) is 0 Å². The van der Waals surface area contributed by atoms with E-state index in [9.17, 15) is 4.39 Å². The molecule has 2 rings (SSSR count). The highest BCUT2D eigenvalue weighted by Crippen LogP contribution is 2.20. The maximum atomic E-state index is 12.6. The largest absolute Gasteiger partial charge is 0.382 e. The number of rotatable bonds is 2. The Morgan fingerprint density at radius 2 is 1.79 bits per heavy atom. The van der Waals surface area contributed by atoms with Crippen molar-refractivity contribution in [2.75, 3.05) is 16.8 Å². The molecule has 0 saturated carbocycles. The van der Waals surface area contributed by atoms with Gasteiger partial charge in [-0.15, -0.1) is 0 Å². The summed E-state index contributed by atoms with van der Waals surface area (Å²) in [7, 11) is 0. The maximum Gasteiger partial charge on any atom is 0.123 e. The molecule has 1 saturated heterocycles. The summed E-state index contributed by atoms with van der Waals surface area (Å²) < 4.78 is 12.6. The molecule has 1 heterocycles. The average Bonchev–Trinajstić information content (AvgIpc) is 2.23. The second kappa shape index (κ2) is 4.69. The van der Waals surface area contributed by atoms with Gasteiger partial charge in [0.2, 0.25) is 0 Å². The van der Waals surface area contributed by atoms with Crippen LogP contribution in [0, 0.1) is 5.82 Å². The first-order chi connectivity index (χ1) is 6.84. The molecule has 76 valence electrons. The zero-order valence-corrected chi connectivity index (χ0v) is 8.82. The second-order valence-corrected chi connectivity index (χ2v) is 4.76. The van der Waals surface area contributed by atoms with Crippen molar-refractivity contribution in [1.29, 1.82) is 0 Å². The van der Waals surface area contributed by atoms with Crippen molar-refractivity contribution in [2.24, 2.45) is 0 Å². The summed E-state index contributed by atoms with van der Waals surface area (Å²) in [5, 5.41) is 3.43.